The lowest BCUT2D eigenvalue weighted by atomic mass is 10.1. The molecule has 0 aromatic heterocycles. The average Bonchev–Trinajstić information content (AvgIpc) is 2.60. The zero-order valence-corrected chi connectivity index (χ0v) is 13.8. The van der Waals surface area contributed by atoms with Crippen LogP contribution >= 0.6 is 0 Å². The minimum atomic E-state index is -1.02. The lowest BCUT2D eigenvalue weighted by molar-refractivity contribution is -0.149. The fourth-order valence-corrected chi connectivity index (χ4v) is 2.37. The molecular weight excluding hydrogens is 306 g/mol. The molecule has 5 nitrogen and oxygen atoms in total. The quantitative estimate of drug-likeness (QED) is 0.849. The summed E-state index contributed by atoms with van der Waals surface area (Å²) in [7, 11) is 1.58. The van der Waals surface area contributed by atoms with E-state index >= 15 is 0 Å². The fraction of sp³-hybridized carbons (Fsp3) is 0.263. The smallest absolute Gasteiger partial charge is 0.326 e. The van der Waals surface area contributed by atoms with Crippen LogP contribution in [-0.2, 0) is 22.6 Å². The van der Waals surface area contributed by atoms with Gasteiger partial charge >= 0.3 is 5.97 Å². The molecule has 0 aliphatic rings. The van der Waals surface area contributed by atoms with Crippen molar-refractivity contribution in [3.63, 3.8) is 0 Å². The molecule has 126 valence electrons. The molecule has 0 aliphatic carbocycles. The van der Waals surface area contributed by atoms with Gasteiger partial charge in [0, 0.05) is 6.54 Å². The molecule has 24 heavy (non-hydrogen) atoms. The third-order valence-corrected chi connectivity index (χ3v) is 3.86. The molecule has 1 unspecified atom stereocenters. The summed E-state index contributed by atoms with van der Waals surface area (Å²) in [6.07, 6.45) is 0.147. The van der Waals surface area contributed by atoms with Gasteiger partial charge in [-0.1, -0.05) is 42.5 Å². The molecule has 2 aromatic carbocycles. The van der Waals surface area contributed by atoms with E-state index < -0.39 is 12.0 Å². The highest BCUT2D eigenvalue weighted by Gasteiger charge is 2.25. The molecule has 0 aliphatic heterocycles. The summed E-state index contributed by atoms with van der Waals surface area (Å²) < 4.78 is 5.10. The van der Waals surface area contributed by atoms with Gasteiger partial charge in [0.2, 0.25) is 5.91 Å². The Morgan fingerprint density at radius 2 is 1.67 bits per heavy atom. The first kappa shape index (κ1) is 17.5. The highest BCUT2D eigenvalue weighted by molar-refractivity contribution is 5.84. The van der Waals surface area contributed by atoms with Crippen LogP contribution in [0.1, 0.15) is 18.1 Å². The second kappa shape index (κ2) is 8.15. The van der Waals surface area contributed by atoms with Crippen molar-refractivity contribution in [2.45, 2.75) is 25.9 Å². The summed E-state index contributed by atoms with van der Waals surface area (Å²) in [5.41, 5.74) is 1.71. The topological polar surface area (TPSA) is 66.8 Å². The summed E-state index contributed by atoms with van der Waals surface area (Å²) in [5.74, 6) is -0.529. The molecule has 0 saturated carbocycles. The number of carboxylic acid groups (broad SMARTS) is 1. The lowest BCUT2D eigenvalue weighted by Gasteiger charge is -2.27. The third kappa shape index (κ3) is 4.59. The number of rotatable bonds is 7. The van der Waals surface area contributed by atoms with Crippen molar-refractivity contribution in [2.24, 2.45) is 0 Å². The molecule has 5 heteroatoms. The van der Waals surface area contributed by atoms with Gasteiger partial charge in [-0.3, -0.25) is 4.79 Å². The van der Waals surface area contributed by atoms with Gasteiger partial charge in [0.1, 0.15) is 11.8 Å². The van der Waals surface area contributed by atoms with Crippen molar-refractivity contribution in [1.82, 2.24) is 4.90 Å². The number of hydrogen-bond acceptors (Lipinski definition) is 3. The molecule has 2 aromatic rings. The number of carbonyl (C=O) groups is 2. The average molecular weight is 327 g/mol. The Bertz CT molecular complexity index is 682. The van der Waals surface area contributed by atoms with Gasteiger partial charge < -0.3 is 14.7 Å². The van der Waals surface area contributed by atoms with Gasteiger partial charge in [0.05, 0.1) is 13.5 Å². The van der Waals surface area contributed by atoms with Crippen molar-refractivity contribution in [2.75, 3.05) is 7.11 Å². The Labute approximate surface area is 141 Å². The van der Waals surface area contributed by atoms with Crippen LogP contribution in [0.25, 0.3) is 0 Å². The minimum Gasteiger partial charge on any atom is -0.497 e. The normalized spacial score (nSPS) is 11.6. The first-order valence-corrected chi connectivity index (χ1v) is 7.70. The Balaban J connectivity index is 2.15. The van der Waals surface area contributed by atoms with E-state index in [0.717, 1.165) is 11.1 Å². The van der Waals surface area contributed by atoms with E-state index in [1.54, 1.807) is 19.2 Å². The number of carboxylic acids is 1. The SMILES string of the molecule is COc1ccc(CC(=O)N(Cc2ccccc2)C(C)C(=O)O)cc1. The number of hydrogen-bond donors (Lipinski definition) is 1. The summed E-state index contributed by atoms with van der Waals surface area (Å²) in [4.78, 5) is 25.4. The summed E-state index contributed by atoms with van der Waals surface area (Å²) in [5, 5.41) is 9.30. The zero-order chi connectivity index (χ0) is 17.5. The molecule has 1 amide bonds. The first-order valence-electron chi connectivity index (χ1n) is 7.70. The highest BCUT2D eigenvalue weighted by atomic mass is 16.5. The van der Waals surface area contributed by atoms with Crippen LogP contribution in [-0.4, -0.2) is 35.0 Å². The van der Waals surface area contributed by atoms with E-state index in [1.165, 1.54) is 11.8 Å². The Morgan fingerprint density at radius 1 is 1.04 bits per heavy atom. The predicted octanol–water partition coefficient (Wildman–Crippen LogP) is 2.74. The summed E-state index contributed by atoms with van der Waals surface area (Å²) in [6, 6.07) is 15.7. The molecule has 0 saturated heterocycles. The van der Waals surface area contributed by atoms with E-state index in [4.69, 9.17) is 4.74 Å². The largest absolute Gasteiger partial charge is 0.497 e. The molecule has 0 fully saturated rings. The lowest BCUT2D eigenvalue weighted by Crippen LogP contribution is -2.43. The van der Waals surface area contributed by atoms with Crippen LogP contribution in [0.5, 0.6) is 5.75 Å². The van der Waals surface area contributed by atoms with Gasteiger partial charge in [-0.25, -0.2) is 4.79 Å². The van der Waals surface area contributed by atoms with Gasteiger partial charge in [-0.15, -0.1) is 0 Å². The van der Waals surface area contributed by atoms with Crippen LogP contribution in [0, 0.1) is 0 Å². The summed E-state index contributed by atoms with van der Waals surface area (Å²) in [6.45, 7) is 1.79. The van der Waals surface area contributed by atoms with Crippen molar-refractivity contribution in [3.05, 3.63) is 65.7 Å². The van der Waals surface area contributed by atoms with Crippen LogP contribution in [0.2, 0.25) is 0 Å². The van der Waals surface area contributed by atoms with Gasteiger partial charge in [-0.05, 0) is 30.2 Å². The van der Waals surface area contributed by atoms with Crippen LogP contribution < -0.4 is 4.74 Å². The Hall–Kier alpha value is -2.82. The molecule has 1 atom stereocenters. The van der Waals surface area contributed by atoms with E-state index in [0.29, 0.717) is 5.75 Å². The molecular formula is C19H21NO4. The van der Waals surface area contributed by atoms with Crippen LogP contribution in [0.4, 0.5) is 0 Å². The van der Waals surface area contributed by atoms with Gasteiger partial charge in [0.15, 0.2) is 0 Å². The Morgan fingerprint density at radius 3 is 2.21 bits per heavy atom. The number of ether oxygens (including phenoxy) is 1. The number of nitrogens with zero attached hydrogens (tertiary/aromatic N) is 1. The standard InChI is InChI=1S/C19H21NO4/c1-14(19(22)23)20(13-16-6-4-3-5-7-16)18(21)12-15-8-10-17(24-2)11-9-15/h3-11,14H,12-13H2,1-2H3,(H,22,23). The van der Waals surface area contributed by atoms with Crippen molar-refractivity contribution in [1.29, 1.82) is 0 Å². The molecule has 2 rings (SSSR count). The van der Waals surface area contributed by atoms with Crippen LogP contribution in [0.3, 0.4) is 0 Å². The summed E-state index contributed by atoms with van der Waals surface area (Å²) >= 11 is 0. The maximum Gasteiger partial charge on any atom is 0.326 e. The van der Waals surface area contributed by atoms with Gasteiger partial charge in [-0.2, -0.15) is 0 Å². The number of carbonyl (C=O) groups excluding carboxylic acids is 1. The fourth-order valence-electron chi connectivity index (χ4n) is 2.37. The molecule has 1 N–H and O–H groups in total. The number of aliphatic carboxylic acids is 1. The van der Waals surface area contributed by atoms with E-state index in [1.807, 2.05) is 42.5 Å². The number of amides is 1. The van der Waals surface area contributed by atoms with E-state index in [9.17, 15) is 14.7 Å². The molecule has 0 spiro atoms. The first-order chi connectivity index (χ1) is 11.5. The van der Waals surface area contributed by atoms with E-state index in [-0.39, 0.29) is 18.9 Å². The van der Waals surface area contributed by atoms with Crippen LogP contribution in [0.15, 0.2) is 54.6 Å². The van der Waals surface area contributed by atoms with Gasteiger partial charge in [0.25, 0.3) is 0 Å². The number of methoxy groups -OCH3 is 1. The van der Waals surface area contributed by atoms with E-state index in [2.05, 4.69) is 0 Å². The zero-order valence-electron chi connectivity index (χ0n) is 13.8. The number of benzene rings is 2. The van der Waals surface area contributed by atoms with Crippen molar-refractivity contribution >= 4 is 11.9 Å². The Kier molecular flexibility index (Phi) is 5.95. The monoisotopic (exact) mass is 327 g/mol. The van der Waals surface area contributed by atoms with Crippen molar-refractivity contribution in [3.8, 4) is 5.75 Å². The second-order valence-corrected chi connectivity index (χ2v) is 5.55. The molecule has 0 bridgehead atoms. The highest BCUT2D eigenvalue weighted by Crippen LogP contribution is 2.15. The maximum absolute atomic E-state index is 12.6. The third-order valence-electron chi connectivity index (χ3n) is 3.86. The maximum atomic E-state index is 12.6. The predicted molar refractivity (Wildman–Crippen MR) is 90.8 cm³/mol. The minimum absolute atomic E-state index is 0.147. The second-order valence-electron chi connectivity index (χ2n) is 5.55. The molecule has 0 heterocycles. The molecule has 0 radical (unpaired) electrons. The van der Waals surface area contributed by atoms with Crippen molar-refractivity contribution < 1.29 is 19.4 Å².